The number of para-hydroxylation sites is 1. The van der Waals surface area contributed by atoms with E-state index in [0.29, 0.717) is 0 Å². The summed E-state index contributed by atoms with van der Waals surface area (Å²) in [6, 6.07) is 28.6. The smallest absolute Gasteiger partial charge is 0.262 e. The first-order chi connectivity index (χ1) is 16.8. The number of aromatic nitrogens is 1. The molecule has 5 aromatic carbocycles. The SMILES string of the molecule is C1=COC(CC[n+]2c(/C=C/c3ccc4ccc5cccc6ccc3c4c56)sc3ccccc32)O1. The van der Waals surface area contributed by atoms with Crippen LogP contribution in [0.4, 0.5) is 0 Å². The van der Waals surface area contributed by atoms with Gasteiger partial charge in [0.25, 0.3) is 5.01 Å². The van der Waals surface area contributed by atoms with Gasteiger partial charge in [-0.3, -0.25) is 0 Å². The Labute approximate surface area is 201 Å². The van der Waals surface area contributed by atoms with Crippen molar-refractivity contribution in [3.63, 3.8) is 0 Å². The Kier molecular flexibility index (Phi) is 4.52. The van der Waals surface area contributed by atoms with Gasteiger partial charge in [0.2, 0.25) is 11.8 Å². The Morgan fingerprint density at radius 1 is 0.735 bits per heavy atom. The second kappa shape index (κ2) is 7.86. The fourth-order valence-corrected chi connectivity index (χ4v) is 6.20. The third kappa shape index (κ3) is 3.14. The van der Waals surface area contributed by atoms with E-state index in [9.17, 15) is 0 Å². The highest BCUT2D eigenvalue weighted by atomic mass is 32.1. The summed E-state index contributed by atoms with van der Waals surface area (Å²) in [7, 11) is 0. The van der Waals surface area contributed by atoms with Crippen LogP contribution >= 0.6 is 11.3 Å². The van der Waals surface area contributed by atoms with E-state index in [1.165, 1.54) is 53.1 Å². The molecule has 0 atom stereocenters. The first kappa shape index (κ1) is 19.6. The van der Waals surface area contributed by atoms with E-state index in [1.54, 1.807) is 12.5 Å². The van der Waals surface area contributed by atoms with E-state index in [4.69, 9.17) is 9.47 Å². The topological polar surface area (TPSA) is 22.3 Å². The van der Waals surface area contributed by atoms with E-state index in [0.717, 1.165) is 13.0 Å². The fourth-order valence-electron chi connectivity index (χ4n) is 5.11. The van der Waals surface area contributed by atoms with Crippen molar-refractivity contribution in [2.24, 2.45) is 0 Å². The van der Waals surface area contributed by atoms with Gasteiger partial charge in [0.15, 0.2) is 6.54 Å². The van der Waals surface area contributed by atoms with Gasteiger partial charge >= 0.3 is 0 Å². The van der Waals surface area contributed by atoms with Crippen LogP contribution in [0, 0.1) is 0 Å². The maximum absolute atomic E-state index is 5.51. The molecule has 0 saturated carbocycles. The number of aryl methyl sites for hydroxylation is 1. The Hall–Kier alpha value is -3.89. The minimum atomic E-state index is -0.208. The average Bonchev–Trinajstić information content (AvgIpc) is 3.53. The molecule has 0 radical (unpaired) electrons. The predicted molar refractivity (Wildman–Crippen MR) is 141 cm³/mol. The maximum Gasteiger partial charge on any atom is 0.262 e. The Morgan fingerprint density at radius 3 is 2.32 bits per heavy atom. The molecule has 1 aromatic heterocycles. The van der Waals surface area contributed by atoms with Crippen molar-refractivity contribution >= 4 is 66.0 Å². The number of ether oxygens (including phenoxy) is 2. The zero-order valence-electron chi connectivity index (χ0n) is 18.5. The first-order valence-corrected chi connectivity index (χ1v) is 12.4. The van der Waals surface area contributed by atoms with Crippen molar-refractivity contribution in [2.45, 2.75) is 19.3 Å². The Balaban J connectivity index is 1.33. The van der Waals surface area contributed by atoms with Crippen molar-refractivity contribution < 1.29 is 14.0 Å². The summed E-state index contributed by atoms with van der Waals surface area (Å²) in [5.74, 6) is 0. The van der Waals surface area contributed by atoms with Gasteiger partial charge in [0.1, 0.15) is 17.2 Å². The quantitative estimate of drug-likeness (QED) is 0.196. The van der Waals surface area contributed by atoms with Crippen molar-refractivity contribution in [3.05, 3.63) is 102 Å². The first-order valence-electron chi connectivity index (χ1n) is 11.6. The van der Waals surface area contributed by atoms with Gasteiger partial charge in [-0.1, -0.05) is 78.1 Å². The molecule has 0 spiro atoms. The highest BCUT2D eigenvalue weighted by Crippen LogP contribution is 2.36. The molecule has 1 aliphatic rings. The number of thiazole rings is 1. The van der Waals surface area contributed by atoms with Gasteiger partial charge < -0.3 is 9.47 Å². The molecule has 2 heterocycles. The normalized spacial score (nSPS) is 14.2. The van der Waals surface area contributed by atoms with Crippen LogP contribution in [0.15, 0.2) is 91.4 Å². The number of benzene rings is 5. The van der Waals surface area contributed by atoms with Crippen molar-refractivity contribution in [1.82, 2.24) is 0 Å². The number of fused-ring (bicyclic) bond motifs is 1. The fraction of sp³-hybridized carbons (Fsp3) is 0.100. The van der Waals surface area contributed by atoms with Crippen LogP contribution in [0.25, 0.3) is 54.7 Å². The predicted octanol–water partition coefficient (Wildman–Crippen LogP) is 7.49. The summed E-state index contributed by atoms with van der Waals surface area (Å²) in [6.07, 6.45) is 8.34. The van der Waals surface area contributed by atoms with Crippen molar-refractivity contribution in [2.75, 3.05) is 0 Å². The molecule has 0 N–H and O–H groups in total. The molecule has 0 unspecified atom stereocenters. The van der Waals surface area contributed by atoms with Crippen molar-refractivity contribution in [3.8, 4) is 0 Å². The van der Waals surface area contributed by atoms with Gasteiger partial charge in [-0.15, -0.1) is 0 Å². The number of nitrogens with zero attached hydrogens (tertiary/aromatic N) is 1. The van der Waals surface area contributed by atoms with Crippen LogP contribution in [-0.2, 0) is 16.0 Å². The lowest BCUT2D eigenvalue weighted by molar-refractivity contribution is -0.670. The molecule has 0 aliphatic carbocycles. The summed E-state index contributed by atoms with van der Waals surface area (Å²) >= 11 is 1.82. The van der Waals surface area contributed by atoms with Crippen LogP contribution < -0.4 is 4.57 Å². The van der Waals surface area contributed by atoms with Gasteiger partial charge in [0, 0.05) is 12.1 Å². The zero-order chi connectivity index (χ0) is 22.5. The Morgan fingerprint density at radius 2 is 1.47 bits per heavy atom. The minimum absolute atomic E-state index is 0.208. The van der Waals surface area contributed by atoms with E-state index < -0.39 is 0 Å². The number of rotatable bonds is 5. The molecular formula is C30H22NO2S+. The van der Waals surface area contributed by atoms with E-state index in [1.807, 2.05) is 11.3 Å². The summed E-state index contributed by atoms with van der Waals surface area (Å²) in [6.45, 7) is 0.828. The summed E-state index contributed by atoms with van der Waals surface area (Å²) in [5.41, 5.74) is 2.48. The lowest BCUT2D eigenvalue weighted by Crippen LogP contribution is -2.36. The highest BCUT2D eigenvalue weighted by Gasteiger charge is 2.22. The minimum Gasteiger partial charge on any atom is -0.459 e. The molecule has 164 valence electrons. The van der Waals surface area contributed by atoms with E-state index in [2.05, 4.69) is 95.6 Å². The molecule has 6 aromatic rings. The largest absolute Gasteiger partial charge is 0.459 e. The summed E-state index contributed by atoms with van der Waals surface area (Å²) in [5, 5.41) is 9.11. The van der Waals surface area contributed by atoms with Gasteiger partial charge in [0.05, 0.1) is 6.42 Å². The van der Waals surface area contributed by atoms with Gasteiger partial charge in [-0.05, 0) is 50.0 Å². The second-order valence-corrected chi connectivity index (χ2v) is 9.73. The van der Waals surface area contributed by atoms with Crippen LogP contribution in [0.1, 0.15) is 17.0 Å². The molecule has 34 heavy (non-hydrogen) atoms. The molecule has 0 saturated heterocycles. The van der Waals surface area contributed by atoms with Crippen LogP contribution in [-0.4, -0.2) is 6.29 Å². The monoisotopic (exact) mass is 460 g/mol. The molecule has 3 nitrogen and oxygen atoms in total. The number of hydrogen-bond acceptors (Lipinski definition) is 3. The van der Waals surface area contributed by atoms with Gasteiger partial charge in [-0.25, -0.2) is 0 Å². The van der Waals surface area contributed by atoms with Crippen LogP contribution in [0.2, 0.25) is 0 Å². The van der Waals surface area contributed by atoms with Gasteiger partial charge in [-0.2, -0.15) is 4.57 Å². The highest BCUT2D eigenvalue weighted by molar-refractivity contribution is 7.18. The van der Waals surface area contributed by atoms with Crippen molar-refractivity contribution in [1.29, 1.82) is 0 Å². The third-order valence-electron chi connectivity index (χ3n) is 6.71. The maximum atomic E-state index is 5.51. The third-order valence-corrected chi connectivity index (χ3v) is 7.84. The molecule has 1 aliphatic heterocycles. The van der Waals surface area contributed by atoms with Crippen LogP contribution in [0.3, 0.4) is 0 Å². The summed E-state index contributed by atoms with van der Waals surface area (Å²) < 4.78 is 14.7. The standard InChI is InChI=1S/C30H22NO2S/c1-2-7-26-25(6-1)31(17-16-28-32-18-19-33-28)27(34-26)15-13-20-8-9-23-11-10-21-4-3-5-22-12-14-24(20)30(23)29(21)22/h1-15,18-19,28H,16-17H2/q+1/b15-13+. The molecule has 0 fully saturated rings. The lowest BCUT2D eigenvalue weighted by Gasteiger charge is -2.12. The van der Waals surface area contributed by atoms with E-state index >= 15 is 0 Å². The average molecular weight is 461 g/mol. The second-order valence-electron chi connectivity index (χ2n) is 8.67. The number of hydrogen-bond donors (Lipinski definition) is 0. The Bertz CT molecular complexity index is 1710. The van der Waals surface area contributed by atoms with Crippen LogP contribution in [0.5, 0.6) is 0 Å². The molecule has 0 amide bonds. The lowest BCUT2D eigenvalue weighted by atomic mass is 9.92. The zero-order valence-corrected chi connectivity index (χ0v) is 19.3. The molecule has 0 bridgehead atoms. The van der Waals surface area contributed by atoms with E-state index in [-0.39, 0.29) is 6.29 Å². The summed E-state index contributed by atoms with van der Waals surface area (Å²) in [4.78, 5) is 0. The molecular weight excluding hydrogens is 438 g/mol. The molecule has 4 heteroatoms. The molecule has 7 rings (SSSR count).